The van der Waals surface area contributed by atoms with E-state index in [4.69, 9.17) is 0 Å². The van der Waals surface area contributed by atoms with Gasteiger partial charge in [-0.05, 0) is 74.7 Å². The van der Waals surface area contributed by atoms with Crippen molar-refractivity contribution in [3.8, 4) is 0 Å². The highest BCUT2D eigenvalue weighted by Crippen LogP contribution is 2.30. The van der Waals surface area contributed by atoms with E-state index in [0.29, 0.717) is 0 Å². The van der Waals surface area contributed by atoms with E-state index in [1.807, 2.05) is 20.9 Å². The van der Waals surface area contributed by atoms with Gasteiger partial charge in [0.1, 0.15) is 5.82 Å². The minimum Gasteiger partial charge on any atom is -0.309 e. The van der Waals surface area contributed by atoms with E-state index in [1.54, 1.807) is 12.1 Å². The Kier molecular flexibility index (Phi) is 4.24. The maximum Gasteiger partial charge on any atom is 0.123 e. The molecule has 0 saturated carbocycles. The number of hydrogen-bond acceptors (Lipinski definition) is 1. The smallest absolute Gasteiger partial charge is 0.123 e. The van der Waals surface area contributed by atoms with Gasteiger partial charge in [0.2, 0.25) is 0 Å². The molecule has 0 saturated heterocycles. The molecule has 1 unspecified atom stereocenters. The summed E-state index contributed by atoms with van der Waals surface area (Å²) in [5, 5.41) is 3.37. The second-order valence-corrected chi connectivity index (χ2v) is 5.53. The predicted octanol–water partition coefficient (Wildman–Crippen LogP) is 4.37. The zero-order valence-electron chi connectivity index (χ0n) is 12.8. The van der Waals surface area contributed by atoms with Crippen molar-refractivity contribution >= 4 is 0 Å². The second-order valence-electron chi connectivity index (χ2n) is 5.53. The Bertz CT molecular complexity index is 608. The number of nitrogens with one attached hydrogen (secondary N) is 1. The zero-order chi connectivity index (χ0) is 14.9. The first-order valence-electron chi connectivity index (χ1n) is 6.95. The van der Waals surface area contributed by atoms with Gasteiger partial charge in [-0.3, -0.25) is 0 Å². The Balaban J connectivity index is 2.58. The third kappa shape index (κ3) is 2.75. The predicted molar refractivity (Wildman–Crippen MR) is 82.7 cm³/mol. The van der Waals surface area contributed by atoms with Gasteiger partial charge in [0.25, 0.3) is 0 Å². The largest absolute Gasteiger partial charge is 0.309 e. The van der Waals surface area contributed by atoms with Gasteiger partial charge in [-0.25, -0.2) is 4.39 Å². The molecule has 1 N–H and O–H groups in total. The van der Waals surface area contributed by atoms with Crippen molar-refractivity contribution in [2.45, 2.75) is 33.7 Å². The van der Waals surface area contributed by atoms with Crippen molar-refractivity contribution in [2.24, 2.45) is 0 Å². The quantitative estimate of drug-likeness (QED) is 0.874. The van der Waals surface area contributed by atoms with Crippen molar-refractivity contribution in [2.75, 3.05) is 7.05 Å². The van der Waals surface area contributed by atoms with Crippen LogP contribution in [0.3, 0.4) is 0 Å². The first kappa shape index (κ1) is 14.7. The van der Waals surface area contributed by atoms with E-state index in [1.165, 1.54) is 22.3 Å². The average molecular weight is 271 g/mol. The monoisotopic (exact) mass is 271 g/mol. The Hall–Kier alpha value is -1.67. The third-order valence-corrected chi connectivity index (χ3v) is 3.87. The molecule has 0 aliphatic carbocycles. The van der Waals surface area contributed by atoms with Gasteiger partial charge in [-0.1, -0.05) is 23.8 Å². The molecule has 0 aliphatic rings. The lowest BCUT2D eigenvalue weighted by Gasteiger charge is -2.23. The van der Waals surface area contributed by atoms with Gasteiger partial charge in [0.05, 0.1) is 6.04 Å². The van der Waals surface area contributed by atoms with E-state index < -0.39 is 0 Å². The highest BCUT2D eigenvalue weighted by molar-refractivity contribution is 5.45. The molecule has 0 radical (unpaired) electrons. The third-order valence-electron chi connectivity index (χ3n) is 3.87. The lowest BCUT2D eigenvalue weighted by molar-refractivity contribution is 0.618. The topological polar surface area (TPSA) is 12.0 Å². The second kappa shape index (κ2) is 5.76. The lowest BCUT2D eigenvalue weighted by Crippen LogP contribution is -2.21. The molecule has 2 aromatic carbocycles. The Morgan fingerprint density at radius 3 is 2.00 bits per heavy atom. The number of rotatable bonds is 3. The van der Waals surface area contributed by atoms with Crippen LogP contribution in [-0.2, 0) is 0 Å². The van der Waals surface area contributed by atoms with Crippen LogP contribution >= 0.6 is 0 Å². The highest BCUT2D eigenvalue weighted by Gasteiger charge is 2.19. The molecule has 2 heteroatoms. The Labute approximate surface area is 120 Å². The van der Waals surface area contributed by atoms with Gasteiger partial charge >= 0.3 is 0 Å². The summed E-state index contributed by atoms with van der Waals surface area (Å²) >= 11 is 0. The summed E-state index contributed by atoms with van der Waals surface area (Å²) in [5.41, 5.74) is 6.90. The van der Waals surface area contributed by atoms with Crippen molar-refractivity contribution in [3.63, 3.8) is 0 Å². The normalized spacial score (nSPS) is 12.5. The van der Waals surface area contributed by atoms with Crippen LogP contribution in [0.15, 0.2) is 30.3 Å². The Morgan fingerprint density at radius 1 is 0.900 bits per heavy atom. The van der Waals surface area contributed by atoms with Gasteiger partial charge in [-0.15, -0.1) is 0 Å². The van der Waals surface area contributed by atoms with Crippen molar-refractivity contribution < 1.29 is 4.39 Å². The molecule has 0 aromatic heterocycles. The van der Waals surface area contributed by atoms with Gasteiger partial charge in [0, 0.05) is 0 Å². The maximum absolute atomic E-state index is 13.5. The van der Waals surface area contributed by atoms with Gasteiger partial charge < -0.3 is 5.32 Å². The summed E-state index contributed by atoms with van der Waals surface area (Å²) in [7, 11) is 1.95. The number of benzene rings is 2. The molecule has 0 heterocycles. The van der Waals surface area contributed by atoms with Crippen molar-refractivity contribution in [1.29, 1.82) is 0 Å². The molecular formula is C18H22FN. The molecular weight excluding hydrogens is 249 g/mol. The number of hydrogen-bond donors (Lipinski definition) is 1. The maximum atomic E-state index is 13.5. The molecule has 1 nitrogen and oxygen atoms in total. The van der Waals surface area contributed by atoms with E-state index >= 15 is 0 Å². The minimum atomic E-state index is -0.167. The van der Waals surface area contributed by atoms with E-state index in [9.17, 15) is 4.39 Å². The molecule has 0 bridgehead atoms. The van der Waals surface area contributed by atoms with Crippen LogP contribution in [0.25, 0.3) is 0 Å². The first-order valence-corrected chi connectivity index (χ1v) is 6.95. The molecule has 0 amide bonds. The van der Waals surface area contributed by atoms with E-state index in [2.05, 4.69) is 37.4 Å². The zero-order valence-corrected chi connectivity index (χ0v) is 12.8. The minimum absolute atomic E-state index is 0.0937. The van der Waals surface area contributed by atoms with Crippen LogP contribution < -0.4 is 5.32 Å². The lowest BCUT2D eigenvalue weighted by atomic mass is 9.88. The molecule has 2 rings (SSSR count). The Morgan fingerprint density at radius 2 is 1.50 bits per heavy atom. The molecule has 106 valence electrons. The van der Waals surface area contributed by atoms with E-state index in [0.717, 1.165) is 11.1 Å². The fraction of sp³-hybridized carbons (Fsp3) is 0.333. The van der Waals surface area contributed by atoms with E-state index in [-0.39, 0.29) is 11.9 Å². The van der Waals surface area contributed by atoms with Crippen molar-refractivity contribution in [3.05, 3.63) is 69.5 Å². The fourth-order valence-corrected chi connectivity index (χ4v) is 2.98. The molecule has 0 spiro atoms. The summed E-state index contributed by atoms with van der Waals surface area (Å²) in [4.78, 5) is 0. The van der Waals surface area contributed by atoms with Crippen molar-refractivity contribution in [1.82, 2.24) is 5.32 Å². The van der Waals surface area contributed by atoms with Gasteiger partial charge in [-0.2, -0.15) is 0 Å². The van der Waals surface area contributed by atoms with Crippen LogP contribution in [0.4, 0.5) is 4.39 Å². The van der Waals surface area contributed by atoms with Crippen LogP contribution in [0, 0.1) is 33.5 Å². The average Bonchev–Trinajstić information content (AvgIpc) is 2.34. The summed E-state index contributed by atoms with van der Waals surface area (Å²) in [6.07, 6.45) is 0. The summed E-state index contributed by atoms with van der Waals surface area (Å²) < 4.78 is 13.5. The molecule has 0 aliphatic heterocycles. The van der Waals surface area contributed by atoms with Crippen LogP contribution in [0.1, 0.15) is 39.4 Å². The number of aryl methyl sites for hydroxylation is 4. The molecule has 20 heavy (non-hydrogen) atoms. The summed E-state index contributed by atoms with van der Waals surface area (Å²) in [6, 6.07) is 9.78. The van der Waals surface area contributed by atoms with Crippen LogP contribution in [0.2, 0.25) is 0 Å². The molecule has 2 aromatic rings. The SMILES string of the molecule is CNC(c1ccc(C)cc1C)c1c(C)cc(F)cc1C. The van der Waals surface area contributed by atoms with Gasteiger partial charge in [0.15, 0.2) is 0 Å². The number of halogens is 1. The fourth-order valence-electron chi connectivity index (χ4n) is 2.98. The van der Waals surface area contributed by atoms with Crippen LogP contribution in [-0.4, -0.2) is 7.05 Å². The summed E-state index contributed by atoms with van der Waals surface area (Å²) in [5.74, 6) is -0.167. The molecule has 0 fully saturated rings. The summed E-state index contributed by atoms with van der Waals surface area (Å²) in [6.45, 7) is 8.17. The standard InChI is InChI=1S/C18H22FN/c1-11-6-7-16(12(2)8-11)18(20-5)17-13(3)9-15(19)10-14(17)4/h6-10,18,20H,1-5H3. The van der Waals surface area contributed by atoms with Crippen LogP contribution in [0.5, 0.6) is 0 Å². The highest BCUT2D eigenvalue weighted by atomic mass is 19.1. The molecule has 1 atom stereocenters. The first-order chi connectivity index (χ1) is 9.43.